The van der Waals surface area contributed by atoms with Gasteiger partial charge in [0.05, 0.1) is 11.9 Å². The molecule has 50 valence electrons. The van der Waals surface area contributed by atoms with Crippen molar-refractivity contribution in [3.05, 3.63) is 0 Å². The van der Waals surface area contributed by atoms with E-state index in [4.69, 9.17) is 10.2 Å². The van der Waals surface area contributed by atoms with Crippen molar-refractivity contribution >= 4 is 41.2 Å². The second kappa shape index (κ2) is 8.32. The molecule has 0 saturated heterocycles. The Balaban J connectivity index is 2.53. The van der Waals surface area contributed by atoms with Crippen LogP contribution in [0.4, 0.5) is 0 Å². The lowest BCUT2D eigenvalue weighted by molar-refractivity contribution is 0.376. The van der Waals surface area contributed by atoms with Crippen LogP contribution in [0.2, 0.25) is 0 Å². The third kappa shape index (κ3) is 7.32. The van der Waals surface area contributed by atoms with E-state index in [1.807, 2.05) is 0 Å². The Labute approximate surface area is 63.4 Å². The predicted octanol–water partition coefficient (Wildman–Crippen LogP) is 1.56. The summed E-state index contributed by atoms with van der Waals surface area (Å²) in [4.78, 5) is 0. The summed E-state index contributed by atoms with van der Waals surface area (Å²) in [6.07, 6.45) is 0. The lowest BCUT2D eigenvalue weighted by Gasteiger charge is -1.91. The fourth-order valence-electron chi connectivity index (χ4n) is 0.0823. The van der Waals surface area contributed by atoms with E-state index >= 15 is 0 Å². The van der Waals surface area contributed by atoms with Gasteiger partial charge in [0.15, 0.2) is 0 Å². The molecule has 6 heteroatoms. The SMILES string of the molecule is OCSSSSCO. The highest BCUT2D eigenvalue weighted by atomic mass is 33.7. The maximum Gasteiger partial charge on any atom is 0.0995 e. The van der Waals surface area contributed by atoms with Crippen LogP contribution >= 0.6 is 41.2 Å². The second-order valence-corrected chi connectivity index (χ2v) is 6.57. The zero-order chi connectivity index (χ0) is 6.24. The molecular formula is C2H6O2S4. The highest BCUT2D eigenvalue weighted by molar-refractivity contribution is 9.26. The van der Waals surface area contributed by atoms with Gasteiger partial charge in [0.1, 0.15) is 0 Å². The van der Waals surface area contributed by atoms with Crippen LogP contribution in [-0.4, -0.2) is 22.1 Å². The molecule has 0 saturated carbocycles. The van der Waals surface area contributed by atoms with E-state index in [1.165, 1.54) is 41.2 Å². The monoisotopic (exact) mass is 190 g/mol. The summed E-state index contributed by atoms with van der Waals surface area (Å²) in [5, 5.41) is 16.4. The standard InChI is InChI=1S/C2H6O2S4/c3-1-5-7-8-6-2-4/h3-4H,1-2H2. The highest BCUT2D eigenvalue weighted by Crippen LogP contribution is 2.41. The van der Waals surface area contributed by atoms with Gasteiger partial charge in [-0.1, -0.05) is 21.6 Å². The van der Waals surface area contributed by atoms with Crippen LogP contribution in [0.15, 0.2) is 0 Å². The molecular weight excluding hydrogens is 184 g/mol. The normalized spacial score (nSPS) is 9.75. The number of hydrogen-bond donors (Lipinski definition) is 2. The molecule has 0 heterocycles. The molecule has 0 aliphatic heterocycles. The van der Waals surface area contributed by atoms with Crippen LogP contribution in [0.3, 0.4) is 0 Å². The van der Waals surface area contributed by atoms with Crippen molar-refractivity contribution in [3.63, 3.8) is 0 Å². The molecule has 0 aliphatic rings. The maximum atomic E-state index is 8.22. The van der Waals surface area contributed by atoms with Crippen molar-refractivity contribution < 1.29 is 10.2 Å². The van der Waals surface area contributed by atoms with E-state index in [0.717, 1.165) is 0 Å². The molecule has 0 fully saturated rings. The molecule has 0 bridgehead atoms. The van der Waals surface area contributed by atoms with Gasteiger partial charge < -0.3 is 10.2 Å². The Morgan fingerprint density at radius 2 is 1.25 bits per heavy atom. The summed E-state index contributed by atoms with van der Waals surface area (Å²) in [5.41, 5.74) is 0. The van der Waals surface area contributed by atoms with Crippen molar-refractivity contribution in [3.8, 4) is 0 Å². The van der Waals surface area contributed by atoms with Gasteiger partial charge in [-0.2, -0.15) is 0 Å². The van der Waals surface area contributed by atoms with E-state index in [2.05, 4.69) is 0 Å². The largest absolute Gasteiger partial charge is 0.385 e. The molecule has 0 aliphatic carbocycles. The van der Waals surface area contributed by atoms with Gasteiger partial charge in [-0.3, -0.25) is 0 Å². The molecule has 0 aromatic carbocycles. The molecule has 0 atom stereocenters. The van der Waals surface area contributed by atoms with Gasteiger partial charge in [0, 0.05) is 0 Å². The van der Waals surface area contributed by atoms with Crippen molar-refractivity contribution in [1.82, 2.24) is 0 Å². The van der Waals surface area contributed by atoms with Crippen LogP contribution in [0.5, 0.6) is 0 Å². The van der Waals surface area contributed by atoms with Crippen LogP contribution in [0.1, 0.15) is 0 Å². The average molecular weight is 190 g/mol. The van der Waals surface area contributed by atoms with E-state index in [-0.39, 0.29) is 11.9 Å². The Bertz CT molecular complexity index is 37.0. The third-order valence-corrected chi connectivity index (χ3v) is 5.80. The zero-order valence-corrected chi connectivity index (χ0v) is 7.21. The molecule has 0 unspecified atom stereocenters. The van der Waals surface area contributed by atoms with Crippen LogP contribution in [0.25, 0.3) is 0 Å². The van der Waals surface area contributed by atoms with Crippen molar-refractivity contribution in [1.29, 1.82) is 0 Å². The van der Waals surface area contributed by atoms with Gasteiger partial charge in [-0.15, -0.1) is 0 Å². The first-order valence-corrected chi connectivity index (χ1v) is 6.86. The van der Waals surface area contributed by atoms with E-state index in [9.17, 15) is 0 Å². The number of aliphatic hydroxyl groups is 2. The van der Waals surface area contributed by atoms with Crippen molar-refractivity contribution in [2.75, 3.05) is 11.9 Å². The average Bonchev–Trinajstić information content (AvgIpc) is 1.81. The molecule has 0 amide bonds. The Kier molecular flexibility index (Phi) is 9.69. The molecule has 0 rings (SSSR count). The third-order valence-electron chi connectivity index (χ3n) is 0.229. The second-order valence-electron chi connectivity index (χ2n) is 0.630. The molecule has 2 nitrogen and oxygen atoms in total. The molecule has 2 N–H and O–H groups in total. The Morgan fingerprint density at radius 1 is 0.875 bits per heavy atom. The smallest absolute Gasteiger partial charge is 0.0995 e. The van der Waals surface area contributed by atoms with Crippen molar-refractivity contribution in [2.24, 2.45) is 0 Å². The molecule has 0 aromatic rings. The Hall–Kier alpha value is 1.32. The van der Waals surface area contributed by atoms with Crippen LogP contribution < -0.4 is 0 Å². The molecule has 8 heavy (non-hydrogen) atoms. The first kappa shape index (κ1) is 9.32. The number of aliphatic hydroxyl groups excluding tert-OH is 2. The summed E-state index contributed by atoms with van der Waals surface area (Å²) in [5.74, 6) is 0.257. The van der Waals surface area contributed by atoms with Crippen molar-refractivity contribution in [2.45, 2.75) is 0 Å². The van der Waals surface area contributed by atoms with Crippen LogP contribution in [-0.2, 0) is 0 Å². The summed E-state index contributed by atoms with van der Waals surface area (Å²) in [6, 6.07) is 0. The topological polar surface area (TPSA) is 40.5 Å². The van der Waals surface area contributed by atoms with Gasteiger partial charge in [-0.05, 0) is 19.7 Å². The summed E-state index contributed by atoms with van der Waals surface area (Å²) in [7, 11) is 5.63. The van der Waals surface area contributed by atoms with Gasteiger partial charge in [0.25, 0.3) is 0 Å². The number of hydrogen-bond acceptors (Lipinski definition) is 6. The molecule has 0 aromatic heterocycles. The quantitative estimate of drug-likeness (QED) is 0.389. The fraction of sp³-hybridized carbons (Fsp3) is 1.00. The first-order chi connectivity index (χ1) is 3.91. The van der Waals surface area contributed by atoms with E-state index in [1.54, 1.807) is 0 Å². The lowest BCUT2D eigenvalue weighted by Crippen LogP contribution is -1.62. The summed E-state index contributed by atoms with van der Waals surface area (Å²) in [6.45, 7) is 0. The molecule has 0 radical (unpaired) electrons. The molecule has 0 spiro atoms. The number of rotatable bonds is 5. The van der Waals surface area contributed by atoms with E-state index in [0.29, 0.717) is 0 Å². The summed E-state index contributed by atoms with van der Waals surface area (Å²) < 4.78 is 0. The zero-order valence-electron chi connectivity index (χ0n) is 3.94. The highest BCUT2D eigenvalue weighted by Gasteiger charge is 1.86. The van der Waals surface area contributed by atoms with E-state index < -0.39 is 0 Å². The predicted molar refractivity (Wildman–Crippen MR) is 44.5 cm³/mol. The summed E-state index contributed by atoms with van der Waals surface area (Å²) >= 11 is 0. The minimum Gasteiger partial charge on any atom is -0.385 e. The maximum absolute atomic E-state index is 8.22. The first-order valence-electron chi connectivity index (χ1n) is 1.71. The van der Waals surface area contributed by atoms with Gasteiger partial charge in [0.2, 0.25) is 0 Å². The minimum atomic E-state index is 0.129. The lowest BCUT2D eigenvalue weighted by atomic mass is 11.7. The van der Waals surface area contributed by atoms with Gasteiger partial charge >= 0.3 is 0 Å². The van der Waals surface area contributed by atoms with Gasteiger partial charge in [-0.25, -0.2) is 0 Å². The van der Waals surface area contributed by atoms with Crippen LogP contribution in [0, 0.1) is 0 Å². The fourth-order valence-corrected chi connectivity index (χ4v) is 4.34. The Morgan fingerprint density at radius 3 is 1.50 bits per heavy atom. The minimum absolute atomic E-state index is 0.129.